The number of esters is 1. The Kier molecular flexibility index (Phi) is 8.52. The molecule has 0 aliphatic heterocycles. The lowest BCUT2D eigenvalue weighted by atomic mass is 10.1. The molecule has 0 atom stereocenters. The van der Waals surface area contributed by atoms with E-state index < -0.39 is 17.6 Å². The number of halogens is 2. The molecule has 3 aromatic heterocycles. The minimum Gasteiger partial charge on any atom is -0.473 e. The zero-order valence-corrected chi connectivity index (χ0v) is 25.1. The number of fused-ring (bicyclic) bond motifs is 1. The molecule has 0 bridgehead atoms. The number of aryl methyl sites for hydroxylation is 1. The van der Waals surface area contributed by atoms with Crippen LogP contribution in [0, 0.1) is 23.0 Å². The van der Waals surface area contributed by atoms with Crippen LogP contribution in [-0.4, -0.2) is 37.2 Å². The first-order valence-electron chi connectivity index (χ1n) is 14.5. The Hall–Kier alpha value is -5.89. The number of methoxy groups -OCH3 is 1. The summed E-state index contributed by atoms with van der Waals surface area (Å²) in [4.78, 5) is 25.8. The standard InChI is InChI=1S/C35H28F2N6O3/c1-3-42-21-39-18-27(42)19-43-32-15-25(35(44)45-2)11-12-31(32)40-33(43)16-23-9-10-24(14-29(23)37)30-5-4-6-34(41-30)46-20-26-8-7-22(17-38)13-28(26)36/h4-15,18,21H,3,16,19-20H2,1-2H3. The minimum absolute atomic E-state index is 0.0809. The number of nitrogens with zero attached hydrogens (tertiary/aromatic N) is 6. The maximum absolute atomic E-state index is 15.7. The maximum atomic E-state index is 15.7. The number of aromatic nitrogens is 5. The highest BCUT2D eigenvalue weighted by Gasteiger charge is 2.18. The van der Waals surface area contributed by atoms with Crippen LogP contribution in [0.2, 0.25) is 0 Å². The molecular formula is C35H28F2N6O3. The summed E-state index contributed by atoms with van der Waals surface area (Å²) in [6.45, 7) is 3.10. The van der Waals surface area contributed by atoms with E-state index >= 15 is 4.39 Å². The first kappa shape index (κ1) is 30.1. The Balaban J connectivity index is 1.27. The molecule has 230 valence electrons. The SMILES string of the molecule is CCn1cncc1Cn1c(Cc2ccc(-c3cccc(OCc4ccc(C#N)cc4F)n3)cc2F)nc2ccc(C(=O)OC)cc21. The number of carbonyl (C=O) groups excluding carboxylic acids is 1. The summed E-state index contributed by atoms with van der Waals surface area (Å²) >= 11 is 0. The van der Waals surface area contributed by atoms with Gasteiger partial charge in [0.25, 0.3) is 0 Å². The van der Waals surface area contributed by atoms with Crippen LogP contribution < -0.4 is 4.74 Å². The summed E-state index contributed by atoms with van der Waals surface area (Å²) < 4.78 is 44.5. The van der Waals surface area contributed by atoms with E-state index in [0.29, 0.717) is 40.3 Å². The molecule has 0 aliphatic carbocycles. The van der Waals surface area contributed by atoms with Gasteiger partial charge in [0.1, 0.15) is 24.1 Å². The third-order valence-corrected chi connectivity index (χ3v) is 7.69. The number of rotatable bonds is 10. The average molecular weight is 619 g/mol. The van der Waals surface area contributed by atoms with Crippen molar-refractivity contribution in [1.82, 2.24) is 24.1 Å². The predicted molar refractivity (Wildman–Crippen MR) is 166 cm³/mol. The number of nitriles is 1. The molecule has 11 heteroatoms. The second-order valence-corrected chi connectivity index (χ2v) is 10.5. The molecular weight excluding hydrogens is 590 g/mol. The van der Waals surface area contributed by atoms with Crippen molar-refractivity contribution in [2.45, 2.75) is 33.0 Å². The number of hydrogen-bond acceptors (Lipinski definition) is 7. The van der Waals surface area contributed by atoms with Gasteiger partial charge in [-0.1, -0.05) is 24.3 Å². The topological polar surface area (TPSA) is 108 Å². The van der Waals surface area contributed by atoms with Gasteiger partial charge in [-0.2, -0.15) is 5.26 Å². The highest BCUT2D eigenvalue weighted by molar-refractivity contribution is 5.93. The lowest BCUT2D eigenvalue weighted by molar-refractivity contribution is 0.0601. The molecule has 0 unspecified atom stereocenters. The van der Waals surface area contributed by atoms with Gasteiger partial charge in [0.05, 0.1) is 59.6 Å². The fourth-order valence-electron chi connectivity index (χ4n) is 5.22. The van der Waals surface area contributed by atoms with E-state index in [1.807, 2.05) is 22.1 Å². The Morgan fingerprint density at radius 2 is 1.80 bits per heavy atom. The zero-order chi connectivity index (χ0) is 32.2. The number of hydrogen-bond donors (Lipinski definition) is 0. The highest BCUT2D eigenvalue weighted by atomic mass is 19.1. The Bertz CT molecular complexity index is 2110. The second kappa shape index (κ2) is 13.0. The summed E-state index contributed by atoms with van der Waals surface area (Å²) in [6, 6.07) is 21.2. The quantitative estimate of drug-likeness (QED) is 0.162. The number of benzene rings is 3. The summed E-state index contributed by atoms with van der Waals surface area (Å²) in [5.41, 5.74) is 4.69. The fraction of sp³-hybridized carbons (Fsp3) is 0.171. The molecule has 6 aromatic rings. The van der Waals surface area contributed by atoms with Crippen molar-refractivity contribution in [2.24, 2.45) is 0 Å². The van der Waals surface area contributed by atoms with Gasteiger partial charge >= 0.3 is 5.97 Å². The van der Waals surface area contributed by atoms with Crippen molar-refractivity contribution in [1.29, 1.82) is 5.26 Å². The van der Waals surface area contributed by atoms with Gasteiger partial charge in [0.15, 0.2) is 0 Å². The van der Waals surface area contributed by atoms with Crippen molar-refractivity contribution < 1.29 is 23.0 Å². The third-order valence-electron chi connectivity index (χ3n) is 7.69. The van der Waals surface area contributed by atoms with Crippen molar-refractivity contribution in [3.8, 4) is 23.2 Å². The Morgan fingerprint density at radius 1 is 0.978 bits per heavy atom. The van der Waals surface area contributed by atoms with E-state index in [0.717, 1.165) is 23.8 Å². The van der Waals surface area contributed by atoms with Crippen LogP contribution in [0.5, 0.6) is 5.88 Å². The van der Waals surface area contributed by atoms with Gasteiger partial charge in [-0.25, -0.2) is 28.5 Å². The normalized spacial score (nSPS) is 11.0. The van der Waals surface area contributed by atoms with Gasteiger partial charge in [-0.05, 0) is 55.0 Å². The van der Waals surface area contributed by atoms with Crippen LogP contribution in [-0.2, 0) is 30.9 Å². The van der Waals surface area contributed by atoms with Gasteiger partial charge in [0, 0.05) is 36.4 Å². The first-order valence-corrected chi connectivity index (χ1v) is 14.5. The molecule has 46 heavy (non-hydrogen) atoms. The monoisotopic (exact) mass is 618 g/mol. The van der Waals surface area contributed by atoms with E-state index in [-0.39, 0.29) is 30.0 Å². The maximum Gasteiger partial charge on any atom is 0.337 e. The number of pyridine rings is 1. The van der Waals surface area contributed by atoms with Crippen molar-refractivity contribution >= 4 is 17.0 Å². The van der Waals surface area contributed by atoms with Crippen LogP contribution in [0.3, 0.4) is 0 Å². The van der Waals surface area contributed by atoms with Crippen molar-refractivity contribution in [3.05, 3.63) is 131 Å². The third kappa shape index (κ3) is 6.19. The average Bonchev–Trinajstić information content (AvgIpc) is 3.68. The van der Waals surface area contributed by atoms with E-state index in [9.17, 15) is 9.18 Å². The minimum atomic E-state index is -0.540. The molecule has 3 aromatic carbocycles. The number of ether oxygens (including phenoxy) is 2. The first-order chi connectivity index (χ1) is 22.4. The van der Waals surface area contributed by atoms with E-state index in [1.165, 1.54) is 25.3 Å². The molecule has 0 radical (unpaired) electrons. The molecule has 0 amide bonds. The molecule has 0 fully saturated rings. The summed E-state index contributed by atoms with van der Waals surface area (Å²) in [5.74, 6) is -0.562. The van der Waals surface area contributed by atoms with Crippen LogP contribution in [0.4, 0.5) is 8.78 Å². The molecule has 0 saturated carbocycles. The number of imidazole rings is 2. The van der Waals surface area contributed by atoms with Gasteiger partial charge in [0.2, 0.25) is 5.88 Å². The van der Waals surface area contributed by atoms with Crippen LogP contribution >= 0.6 is 0 Å². The van der Waals surface area contributed by atoms with Crippen LogP contribution in [0.15, 0.2) is 85.3 Å². The summed E-state index contributed by atoms with van der Waals surface area (Å²) in [7, 11) is 1.33. The highest BCUT2D eigenvalue weighted by Crippen LogP contribution is 2.27. The van der Waals surface area contributed by atoms with Gasteiger partial charge in [-0.15, -0.1) is 0 Å². The zero-order valence-electron chi connectivity index (χ0n) is 25.1. The van der Waals surface area contributed by atoms with Crippen molar-refractivity contribution in [3.63, 3.8) is 0 Å². The molecule has 0 aliphatic rings. The summed E-state index contributed by atoms with van der Waals surface area (Å²) in [5, 5.41) is 8.94. The van der Waals surface area contributed by atoms with Gasteiger partial charge < -0.3 is 18.6 Å². The molecule has 0 saturated heterocycles. The Morgan fingerprint density at radius 3 is 2.57 bits per heavy atom. The Labute approximate surface area is 263 Å². The molecule has 0 N–H and O–H groups in total. The lowest BCUT2D eigenvalue weighted by Gasteiger charge is -2.12. The predicted octanol–water partition coefficient (Wildman–Crippen LogP) is 6.47. The molecule has 3 heterocycles. The van der Waals surface area contributed by atoms with Crippen LogP contribution in [0.1, 0.15) is 45.5 Å². The van der Waals surface area contributed by atoms with Gasteiger partial charge in [-0.3, -0.25) is 0 Å². The van der Waals surface area contributed by atoms with Crippen LogP contribution in [0.25, 0.3) is 22.3 Å². The number of carbonyl (C=O) groups is 1. The fourth-order valence-corrected chi connectivity index (χ4v) is 5.22. The summed E-state index contributed by atoms with van der Waals surface area (Å²) in [6.07, 6.45) is 3.73. The molecule has 0 spiro atoms. The second-order valence-electron chi connectivity index (χ2n) is 10.5. The van der Waals surface area contributed by atoms with E-state index in [2.05, 4.69) is 9.97 Å². The van der Waals surface area contributed by atoms with E-state index in [1.54, 1.807) is 61.1 Å². The van der Waals surface area contributed by atoms with Crippen molar-refractivity contribution in [2.75, 3.05) is 7.11 Å². The lowest BCUT2D eigenvalue weighted by Crippen LogP contribution is -2.10. The molecule has 9 nitrogen and oxygen atoms in total. The smallest absolute Gasteiger partial charge is 0.337 e. The molecule has 6 rings (SSSR count). The largest absolute Gasteiger partial charge is 0.473 e. The van der Waals surface area contributed by atoms with E-state index in [4.69, 9.17) is 19.7 Å².